The van der Waals surface area contributed by atoms with Crippen LogP contribution < -0.4 is 9.58 Å². The number of aromatic nitrogens is 4. The molecule has 8 aromatic carbocycles. The predicted molar refractivity (Wildman–Crippen MR) is 554 cm³/mol. The molecule has 12 rings (SSSR count). The van der Waals surface area contributed by atoms with Crippen molar-refractivity contribution in [2.45, 2.75) is 292 Å². The van der Waals surface area contributed by atoms with E-state index in [1.807, 2.05) is 12.4 Å². The van der Waals surface area contributed by atoms with Gasteiger partial charge in [0.15, 0.2) is 0 Å². The maximum absolute atomic E-state index is 8.49. The Bertz CT molecular complexity index is 5630. The van der Waals surface area contributed by atoms with Crippen LogP contribution >= 0.6 is 0 Å². The molecule has 0 spiro atoms. The van der Waals surface area contributed by atoms with Gasteiger partial charge in [-0.3, -0.25) is 0 Å². The number of aliphatic hydroxyl groups excluding tert-OH is 8. The number of hydrogen-bond acceptors (Lipinski definition) is 12. The van der Waals surface area contributed by atoms with Gasteiger partial charge in [-0.2, -0.15) is 0 Å². The first-order valence-corrected chi connectivity index (χ1v) is 56.3. The predicted octanol–water partition coefficient (Wildman–Crippen LogP) is 28.6. The first kappa shape index (κ1) is 123. The number of benzene rings is 8. The Balaban J connectivity index is 0.000000793. The summed E-state index contributed by atoms with van der Waals surface area (Å²) in [5.74, 6) is 11.3. The minimum absolute atomic E-state index is 0. The number of aliphatic hydroxyl groups is 8. The van der Waals surface area contributed by atoms with Crippen LogP contribution in [0.4, 0.5) is 0 Å². The molecule has 0 fully saturated rings. The summed E-state index contributed by atoms with van der Waals surface area (Å²) >= 11 is -2.01. The molecule has 4 atom stereocenters. The van der Waals surface area contributed by atoms with Gasteiger partial charge in [0.25, 0.3) is 0 Å². The molecular formula is C114H152GeIr4N4O8Si-4. The largest absolute Gasteiger partial charge is 0.304 e. The van der Waals surface area contributed by atoms with E-state index >= 15 is 0 Å². The van der Waals surface area contributed by atoms with Gasteiger partial charge in [-0.05, 0) is 211 Å². The second kappa shape index (κ2) is 57.1. The van der Waals surface area contributed by atoms with Gasteiger partial charge in [-0.25, -0.2) is 0 Å². The van der Waals surface area contributed by atoms with E-state index in [0.29, 0.717) is 35.5 Å². The molecule has 0 aliphatic rings. The third kappa shape index (κ3) is 40.2. The molecule has 12 aromatic rings. The van der Waals surface area contributed by atoms with E-state index in [1.54, 1.807) is 27.7 Å². The molecule has 724 valence electrons. The Labute approximate surface area is 851 Å². The van der Waals surface area contributed by atoms with E-state index in [2.05, 4.69) is 333 Å². The standard InChI is InChI=1S/2C24H28N.C23H28GeN.C23H28NSi.4C5H10O2.4Ir/c1-15(2)9-20-13-19(16(3)4)14-23-22(20)7-8-25-24(23)21-11-17(5)10-18(6)12-21;1-15(2)9-21-14-25-24(20-11-17(5)10-18(6)12-20)22-8-7-19(16(3)4)13-23(21)22;1-15(2)18-8-9-20-21(13-18)22(24(5,6)7)14-25-23(20)19-11-16(3)10-17(4)12-19;1-15(2)18-13-21-20(22(14-18)25(5,6)7)8-9-24-23(21)19-11-16(3)10-17(4)12-19;4*1-4(6)3-5(2)7;;;;/h2*7-8,10-11,13-16H,9H2,1-6H3;2*8-11,13-15H,1-7H3;4*3-4,6-7H,1-2H3;;;;/q4*-1;;;;;;;;. The molecule has 12 nitrogen and oxygen atoms in total. The second-order valence-electron chi connectivity index (χ2n) is 39.0. The molecular weight excluding hydrogens is 2420 g/mol. The maximum atomic E-state index is 8.49. The fourth-order valence-electron chi connectivity index (χ4n) is 15.4. The molecule has 0 saturated carbocycles. The summed E-state index contributed by atoms with van der Waals surface area (Å²) in [6.07, 6.45) is 13.6. The van der Waals surface area contributed by atoms with Crippen LogP contribution in [0.2, 0.25) is 36.9 Å². The van der Waals surface area contributed by atoms with Crippen molar-refractivity contribution in [1.29, 1.82) is 0 Å². The summed E-state index contributed by atoms with van der Waals surface area (Å²) in [5.41, 5.74) is 26.7. The smallest absolute Gasteiger partial charge is 0.0783 e. The second-order valence-corrected chi connectivity index (χ2v) is 54.7. The van der Waals surface area contributed by atoms with E-state index in [9.17, 15) is 0 Å². The molecule has 4 aromatic heterocycles. The van der Waals surface area contributed by atoms with Crippen molar-refractivity contribution < 1.29 is 121 Å². The SMILES string of the molecule is CC(O)=CC(C)O.CC(O)=CC(C)O.CC(O)=CC(C)O.CC(O)=CC(C)O.Cc1[c-]c(-c2nc[c]([Ge]([CH3])([CH3])[CH3])c3cc(C(C)C)ccc23)cc(C)c1.Cc1[c-]c(-c2ncc(CC(C)C)c3cc(C(C)C)ccc23)cc(C)c1.Cc1[c-]c(-c2nccc3c(CC(C)C)cc(C(C)C)cc23)cc(C)c1.Cc1[c-]c(-c2nccc3c([Si](C)(C)C)cc(C(C)C)cc23)cc(C)c1.[Ir].[Ir].[Ir].[Ir]. The third-order valence-electron chi connectivity index (χ3n) is 20.9. The Morgan fingerprint density at radius 1 is 0.326 bits per heavy atom. The zero-order valence-electron chi connectivity index (χ0n) is 85.1. The molecule has 18 heteroatoms. The van der Waals surface area contributed by atoms with Crippen molar-refractivity contribution in [3.63, 3.8) is 0 Å². The number of aryl methyl sites for hydroxylation is 8. The van der Waals surface area contributed by atoms with E-state index in [1.165, 1.54) is 171 Å². The summed E-state index contributed by atoms with van der Waals surface area (Å²) in [6.45, 7) is 63.9. The van der Waals surface area contributed by atoms with Gasteiger partial charge >= 0.3 is 155 Å². The normalized spacial score (nSPS) is 12.6. The van der Waals surface area contributed by atoms with Crippen molar-refractivity contribution in [2.75, 3.05) is 0 Å². The fraction of sp³-hybridized carbons (Fsp3) is 0.404. The topological polar surface area (TPSA) is 213 Å². The average Bonchev–Trinajstić information content (AvgIpc) is 0.761. The molecule has 0 amide bonds. The van der Waals surface area contributed by atoms with E-state index in [0.717, 1.165) is 69.0 Å². The van der Waals surface area contributed by atoms with Crippen molar-refractivity contribution in [2.24, 2.45) is 11.8 Å². The van der Waals surface area contributed by atoms with Gasteiger partial charge in [-0.1, -0.05) is 178 Å². The van der Waals surface area contributed by atoms with Crippen molar-refractivity contribution in [3.8, 4) is 45.0 Å². The minimum atomic E-state index is -2.01. The van der Waals surface area contributed by atoms with E-state index in [-0.39, 0.29) is 103 Å². The summed E-state index contributed by atoms with van der Waals surface area (Å²) in [6, 6.07) is 59.1. The molecule has 0 aliphatic carbocycles. The first-order chi connectivity index (χ1) is 59.5. The molecule has 0 bridgehead atoms. The minimum Gasteiger partial charge on any atom is -0.304 e. The van der Waals surface area contributed by atoms with Gasteiger partial charge in [0.05, 0.1) is 55.5 Å². The average molecular weight is 2580 g/mol. The van der Waals surface area contributed by atoms with Gasteiger partial charge in [0.1, 0.15) is 0 Å². The molecule has 4 radical (unpaired) electrons. The quantitative estimate of drug-likeness (QED) is 0.0229. The van der Waals surface area contributed by atoms with Crippen LogP contribution in [0, 0.1) is 91.5 Å². The molecule has 8 N–H and O–H groups in total. The van der Waals surface area contributed by atoms with Crippen LogP contribution in [0.3, 0.4) is 0 Å². The van der Waals surface area contributed by atoms with E-state index in [4.69, 9.17) is 60.8 Å². The van der Waals surface area contributed by atoms with Crippen LogP contribution in [0.15, 0.2) is 193 Å². The molecule has 4 unspecified atom stereocenters. The zero-order chi connectivity index (χ0) is 96.4. The first-order valence-electron chi connectivity index (χ1n) is 45.5. The Kier molecular flexibility index (Phi) is 53.1. The number of hydrogen-bond donors (Lipinski definition) is 8. The van der Waals surface area contributed by atoms with Crippen molar-refractivity contribution in [3.05, 3.63) is 296 Å². The molecule has 0 saturated heterocycles. The third-order valence-corrected chi connectivity index (χ3v) is 27.1. The molecule has 132 heavy (non-hydrogen) atoms. The van der Waals surface area contributed by atoms with Crippen LogP contribution in [0.1, 0.15) is 240 Å². The summed E-state index contributed by atoms with van der Waals surface area (Å²) in [4.78, 5) is 19.3. The van der Waals surface area contributed by atoms with E-state index < -0.39 is 45.8 Å². The van der Waals surface area contributed by atoms with Gasteiger partial charge < -0.3 is 55.8 Å². The number of nitrogens with zero attached hydrogens (tertiary/aromatic N) is 4. The van der Waals surface area contributed by atoms with Crippen molar-refractivity contribution in [1.82, 2.24) is 19.9 Å². The molecule has 0 aliphatic heterocycles. The monoisotopic (exact) mass is 2580 g/mol. The maximum Gasteiger partial charge on any atom is 0.0783 e. The summed E-state index contributed by atoms with van der Waals surface area (Å²) < 4.78 is 1.49. The van der Waals surface area contributed by atoms with Gasteiger partial charge in [0.2, 0.25) is 0 Å². The summed E-state index contributed by atoms with van der Waals surface area (Å²) in [5, 5.41) is 79.6. The Morgan fingerprint density at radius 2 is 0.614 bits per heavy atom. The van der Waals surface area contributed by atoms with Gasteiger partial charge in [-0.15, -0.1) is 105 Å². The zero-order valence-corrected chi connectivity index (χ0v) is 97.7. The number of fused-ring (bicyclic) bond motifs is 4. The Hall–Kier alpha value is -7.24. The van der Waals surface area contributed by atoms with Crippen molar-refractivity contribution >= 4 is 74.0 Å². The fourth-order valence-corrected chi connectivity index (χ4v) is 20.1. The van der Waals surface area contributed by atoms with Crippen LogP contribution in [0.5, 0.6) is 0 Å². The number of pyridine rings is 4. The number of allylic oxidation sites excluding steroid dienone is 4. The molecule has 4 heterocycles. The van der Waals surface area contributed by atoms with Crippen LogP contribution in [-0.2, 0) is 93.3 Å². The van der Waals surface area contributed by atoms with Crippen LogP contribution in [0.25, 0.3) is 88.1 Å². The number of rotatable bonds is 18. The Morgan fingerprint density at radius 3 is 0.909 bits per heavy atom. The van der Waals surface area contributed by atoms with Gasteiger partial charge in [0, 0.05) is 99.0 Å². The van der Waals surface area contributed by atoms with Crippen LogP contribution in [-0.4, -0.2) is 107 Å². The summed E-state index contributed by atoms with van der Waals surface area (Å²) in [7, 11) is -1.46.